The van der Waals surface area contributed by atoms with Gasteiger partial charge in [0.05, 0.1) is 0 Å². The molecule has 2 saturated heterocycles. The minimum atomic E-state index is -0.0115. The molecule has 0 bridgehead atoms. The highest BCUT2D eigenvalue weighted by atomic mass is 16.3. The number of ketones is 1. The van der Waals surface area contributed by atoms with Crippen LogP contribution in [0.25, 0.3) is 0 Å². The van der Waals surface area contributed by atoms with Crippen molar-refractivity contribution in [2.75, 3.05) is 19.6 Å². The molecule has 6 heteroatoms. The fourth-order valence-corrected chi connectivity index (χ4v) is 5.71. The molecular weight excluding hydrogens is 440 g/mol. The van der Waals surface area contributed by atoms with E-state index in [9.17, 15) is 19.8 Å². The number of likely N-dealkylation sites (tertiary alicyclic amines) is 2. The van der Waals surface area contributed by atoms with Gasteiger partial charge in [-0.1, -0.05) is 42.5 Å². The third-order valence-electron chi connectivity index (χ3n) is 7.62. The molecule has 2 aliphatic rings. The molecule has 3 aromatic carbocycles. The monoisotopic (exact) mass is 470 g/mol. The number of Topliss-reactive ketones (excluding diaryl/α,β-unsaturated/α-hetero) is 1. The van der Waals surface area contributed by atoms with Crippen LogP contribution in [0.5, 0.6) is 11.5 Å². The molecule has 35 heavy (non-hydrogen) atoms. The molecule has 2 aliphatic heterocycles. The number of hydrogen-bond donors (Lipinski definition) is 2. The van der Waals surface area contributed by atoms with E-state index >= 15 is 0 Å². The van der Waals surface area contributed by atoms with Crippen LogP contribution in [0.1, 0.15) is 57.7 Å². The highest BCUT2D eigenvalue weighted by Gasteiger charge is 2.54. The fraction of sp³-hybridized carbons (Fsp3) is 0.310. The van der Waals surface area contributed by atoms with E-state index in [2.05, 4.69) is 4.90 Å². The Morgan fingerprint density at radius 3 is 2.14 bits per heavy atom. The molecule has 0 saturated carbocycles. The number of benzene rings is 3. The summed E-state index contributed by atoms with van der Waals surface area (Å²) in [5.74, 6) is 0.531. The maximum absolute atomic E-state index is 13.1. The van der Waals surface area contributed by atoms with E-state index in [-0.39, 0.29) is 28.9 Å². The number of nitrogens with zero attached hydrogens (tertiary/aromatic N) is 2. The van der Waals surface area contributed by atoms with Crippen LogP contribution < -0.4 is 0 Å². The van der Waals surface area contributed by atoms with Gasteiger partial charge in [0.25, 0.3) is 5.91 Å². The van der Waals surface area contributed by atoms with Crippen LogP contribution in [0.3, 0.4) is 0 Å². The Morgan fingerprint density at radius 2 is 1.51 bits per heavy atom. The number of hydrogen-bond acceptors (Lipinski definition) is 5. The summed E-state index contributed by atoms with van der Waals surface area (Å²) >= 11 is 0. The molecule has 1 atom stereocenters. The Morgan fingerprint density at radius 1 is 0.886 bits per heavy atom. The lowest BCUT2D eigenvalue weighted by Gasteiger charge is -2.61. The highest BCUT2D eigenvalue weighted by Crippen LogP contribution is 2.55. The zero-order valence-corrected chi connectivity index (χ0v) is 19.9. The first kappa shape index (κ1) is 23.1. The molecule has 1 amide bonds. The van der Waals surface area contributed by atoms with Crippen LogP contribution in [0.4, 0.5) is 0 Å². The summed E-state index contributed by atoms with van der Waals surface area (Å²) in [5.41, 5.74) is 3.29. The SMILES string of the molecule is CC(=O)c1ccc(C(=O)N2CCC3(CC2)CN(Cc2ccccc2O)C3c2ccc(O)cc2)cc1. The van der Waals surface area contributed by atoms with Gasteiger partial charge in [-0.05, 0) is 55.7 Å². The van der Waals surface area contributed by atoms with Crippen molar-refractivity contribution in [3.8, 4) is 11.5 Å². The Balaban J connectivity index is 1.32. The fourth-order valence-electron chi connectivity index (χ4n) is 5.71. The third kappa shape index (κ3) is 4.42. The standard InChI is InChI=1S/C29H30N2O4/c1-20(32)21-6-8-23(9-7-21)28(35)30-16-14-29(15-17-30)19-31(18-24-4-2-3-5-26(24)34)27(29)22-10-12-25(33)13-11-22/h2-13,27,33-34H,14-19H2,1H3. The highest BCUT2D eigenvalue weighted by molar-refractivity contribution is 5.97. The Bertz CT molecular complexity index is 1230. The number of aromatic hydroxyl groups is 2. The third-order valence-corrected chi connectivity index (χ3v) is 7.62. The maximum atomic E-state index is 13.1. The van der Waals surface area contributed by atoms with E-state index in [1.165, 1.54) is 6.92 Å². The minimum Gasteiger partial charge on any atom is -0.508 e. The average Bonchev–Trinajstić information content (AvgIpc) is 2.86. The molecule has 5 rings (SSSR count). The van der Waals surface area contributed by atoms with Crippen molar-refractivity contribution in [3.05, 3.63) is 95.1 Å². The number of phenols is 2. The largest absolute Gasteiger partial charge is 0.508 e. The van der Waals surface area contributed by atoms with Crippen molar-refractivity contribution in [2.45, 2.75) is 32.4 Å². The smallest absolute Gasteiger partial charge is 0.253 e. The molecule has 0 radical (unpaired) electrons. The van der Waals surface area contributed by atoms with Gasteiger partial charge in [-0.3, -0.25) is 14.5 Å². The summed E-state index contributed by atoms with van der Waals surface area (Å²) in [6, 6.07) is 21.9. The molecule has 0 aromatic heterocycles. The van der Waals surface area contributed by atoms with Crippen LogP contribution in [0, 0.1) is 5.41 Å². The lowest BCUT2D eigenvalue weighted by Crippen LogP contribution is -2.62. The lowest BCUT2D eigenvalue weighted by molar-refractivity contribution is -0.113. The number of carbonyl (C=O) groups excluding carboxylic acids is 2. The second kappa shape index (κ2) is 9.19. The summed E-state index contributed by atoms with van der Waals surface area (Å²) < 4.78 is 0. The molecular formula is C29H30N2O4. The van der Waals surface area contributed by atoms with Crippen LogP contribution >= 0.6 is 0 Å². The van der Waals surface area contributed by atoms with Gasteiger partial charge in [-0.2, -0.15) is 0 Å². The molecule has 1 spiro atoms. The number of para-hydroxylation sites is 1. The quantitative estimate of drug-likeness (QED) is 0.525. The number of amides is 1. The molecule has 180 valence electrons. The molecule has 6 nitrogen and oxygen atoms in total. The molecule has 1 unspecified atom stereocenters. The summed E-state index contributed by atoms with van der Waals surface area (Å²) in [6.45, 7) is 4.40. The lowest BCUT2D eigenvalue weighted by atomic mass is 9.63. The van der Waals surface area contributed by atoms with E-state index in [1.807, 2.05) is 35.2 Å². The minimum absolute atomic E-state index is 0.00141. The predicted octanol–water partition coefficient (Wildman–Crippen LogP) is 4.78. The van der Waals surface area contributed by atoms with Crippen molar-refractivity contribution < 1.29 is 19.8 Å². The van der Waals surface area contributed by atoms with Gasteiger partial charge in [0.1, 0.15) is 11.5 Å². The van der Waals surface area contributed by atoms with Crippen LogP contribution in [0.15, 0.2) is 72.8 Å². The molecule has 3 aromatic rings. The van der Waals surface area contributed by atoms with E-state index < -0.39 is 0 Å². The van der Waals surface area contributed by atoms with E-state index in [0.29, 0.717) is 36.5 Å². The zero-order valence-electron chi connectivity index (χ0n) is 19.9. The zero-order chi connectivity index (χ0) is 24.6. The molecule has 2 heterocycles. The van der Waals surface area contributed by atoms with E-state index in [1.54, 1.807) is 42.5 Å². The van der Waals surface area contributed by atoms with Crippen molar-refractivity contribution in [3.63, 3.8) is 0 Å². The topological polar surface area (TPSA) is 81.1 Å². The molecule has 2 N–H and O–H groups in total. The van der Waals surface area contributed by atoms with Crippen LogP contribution in [0.2, 0.25) is 0 Å². The summed E-state index contributed by atoms with van der Waals surface area (Å²) in [5, 5.41) is 20.1. The van der Waals surface area contributed by atoms with Crippen molar-refractivity contribution in [1.29, 1.82) is 0 Å². The first-order valence-electron chi connectivity index (χ1n) is 12.1. The van der Waals surface area contributed by atoms with Crippen molar-refractivity contribution >= 4 is 11.7 Å². The Hall–Kier alpha value is -3.64. The van der Waals surface area contributed by atoms with E-state index in [0.717, 1.165) is 30.5 Å². The van der Waals surface area contributed by atoms with Crippen LogP contribution in [-0.4, -0.2) is 51.3 Å². The number of phenolic OH excluding ortho intramolecular Hbond substituents is 2. The maximum Gasteiger partial charge on any atom is 0.253 e. The number of carbonyl (C=O) groups is 2. The first-order valence-corrected chi connectivity index (χ1v) is 12.1. The Labute approximate surface area is 205 Å². The predicted molar refractivity (Wildman–Crippen MR) is 133 cm³/mol. The van der Waals surface area contributed by atoms with Crippen LogP contribution in [-0.2, 0) is 6.54 Å². The summed E-state index contributed by atoms with van der Waals surface area (Å²) in [6.07, 6.45) is 1.76. The average molecular weight is 471 g/mol. The first-order chi connectivity index (χ1) is 16.9. The second-order valence-corrected chi connectivity index (χ2v) is 9.82. The molecule has 2 fully saturated rings. The molecule has 0 aliphatic carbocycles. The van der Waals surface area contributed by atoms with Gasteiger partial charge < -0.3 is 15.1 Å². The second-order valence-electron chi connectivity index (χ2n) is 9.82. The van der Waals surface area contributed by atoms with Crippen molar-refractivity contribution in [2.24, 2.45) is 5.41 Å². The number of rotatable bonds is 5. The normalized spacial score (nSPS) is 19.3. The van der Waals surface area contributed by atoms with Crippen molar-refractivity contribution in [1.82, 2.24) is 9.80 Å². The van der Waals surface area contributed by atoms with E-state index in [4.69, 9.17) is 0 Å². The van der Waals surface area contributed by atoms with Gasteiger partial charge in [-0.25, -0.2) is 0 Å². The van der Waals surface area contributed by atoms with Gasteiger partial charge in [0.15, 0.2) is 5.78 Å². The number of piperidine rings is 1. The van der Waals surface area contributed by atoms with Gasteiger partial charge >= 0.3 is 0 Å². The van der Waals surface area contributed by atoms with Gasteiger partial charge in [0, 0.05) is 54.3 Å². The summed E-state index contributed by atoms with van der Waals surface area (Å²) in [7, 11) is 0. The Kier molecular flexibility index (Phi) is 6.07. The van der Waals surface area contributed by atoms with Gasteiger partial charge in [-0.15, -0.1) is 0 Å². The summed E-state index contributed by atoms with van der Waals surface area (Å²) in [4.78, 5) is 28.9. The van der Waals surface area contributed by atoms with Gasteiger partial charge in [0.2, 0.25) is 0 Å².